The van der Waals surface area contributed by atoms with Crippen LogP contribution in [0.3, 0.4) is 0 Å². The molecule has 1 atom stereocenters. The second-order valence-electron chi connectivity index (χ2n) is 5.79. The lowest BCUT2D eigenvalue weighted by Crippen LogP contribution is -2.32. The van der Waals surface area contributed by atoms with Gasteiger partial charge in [0.1, 0.15) is 0 Å². The third-order valence-electron chi connectivity index (χ3n) is 4.23. The Hall–Kier alpha value is -2.31. The second kappa shape index (κ2) is 6.54. The molecule has 2 aromatic carbocycles. The average Bonchev–Trinajstić information content (AvgIpc) is 2.63. The number of carbonyl (C=O) groups is 1. The van der Waals surface area contributed by atoms with E-state index in [0.29, 0.717) is 15.8 Å². The van der Waals surface area contributed by atoms with Crippen LogP contribution in [0.15, 0.2) is 52.2 Å². The van der Waals surface area contributed by atoms with Crippen LogP contribution in [-0.4, -0.2) is 21.9 Å². The number of halogens is 1. The first-order chi connectivity index (χ1) is 12.1. The van der Waals surface area contributed by atoms with Gasteiger partial charge in [-0.25, -0.2) is 5.10 Å². The maximum Gasteiger partial charge on any atom is 0.272 e. The largest absolute Gasteiger partial charge is 0.344 e. The summed E-state index contributed by atoms with van der Waals surface area (Å²) < 4.78 is 0. The molecule has 1 aromatic heterocycles. The molecule has 1 amide bonds. The zero-order valence-corrected chi connectivity index (χ0v) is 14.7. The predicted octanol–water partition coefficient (Wildman–Crippen LogP) is 3.54. The minimum Gasteiger partial charge on any atom is -0.344 e. The molecule has 0 aliphatic carbocycles. The van der Waals surface area contributed by atoms with Gasteiger partial charge in [-0.3, -0.25) is 9.59 Å². The van der Waals surface area contributed by atoms with Crippen LogP contribution in [0.2, 0.25) is 5.02 Å². The topological polar surface area (TPSA) is 74.8 Å². The maximum absolute atomic E-state index is 12.8. The monoisotopic (exact) mass is 371 g/mol. The Morgan fingerprint density at radius 3 is 2.88 bits per heavy atom. The molecule has 4 rings (SSSR count). The van der Waals surface area contributed by atoms with Crippen molar-refractivity contribution in [3.05, 3.63) is 69.1 Å². The Labute approximate surface area is 152 Å². The molecular weight excluding hydrogens is 358 g/mol. The Kier molecular flexibility index (Phi) is 4.23. The number of nitrogens with zero attached hydrogens (tertiary/aromatic N) is 1. The van der Waals surface area contributed by atoms with Gasteiger partial charge in [0.25, 0.3) is 11.5 Å². The normalized spacial score (nSPS) is 16.4. The van der Waals surface area contributed by atoms with Gasteiger partial charge in [0, 0.05) is 21.1 Å². The average molecular weight is 372 g/mol. The third-order valence-corrected chi connectivity index (χ3v) is 5.59. The predicted molar refractivity (Wildman–Crippen MR) is 99.4 cm³/mol. The fourth-order valence-corrected chi connectivity index (χ4v) is 4.32. The molecule has 7 heteroatoms. The van der Waals surface area contributed by atoms with Gasteiger partial charge in [0.2, 0.25) is 0 Å². The third kappa shape index (κ3) is 3.03. The van der Waals surface area contributed by atoms with Gasteiger partial charge in [-0.1, -0.05) is 29.8 Å². The Balaban J connectivity index is 1.70. The Morgan fingerprint density at radius 2 is 2.04 bits per heavy atom. The van der Waals surface area contributed by atoms with Crippen molar-refractivity contribution in [1.29, 1.82) is 0 Å². The van der Waals surface area contributed by atoms with E-state index in [9.17, 15) is 9.59 Å². The molecular formula is C18H14ClN3O2S. The van der Waals surface area contributed by atoms with E-state index >= 15 is 0 Å². The van der Waals surface area contributed by atoms with Gasteiger partial charge in [-0.2, -0.15) is 5.10 Å². The molecule has 3 aromatic rings. The highest BCUT2D eigenvalue weighted by atomic mass is 35.5. The van der Waals surface area contributed by atoms with Crippen LogP contribution in [-0.2, 0) is 0 Å². The summed E-state index contributed by atoms with van der Waals surface area (Å²) in [6.07, 6.45) is 0.811. The number of amides is 1. The summed E-state index contributed by atoms with van der Waals surface area (Å²) in [5.41, 5.74) is 0.932. The number of nitrogens with one attached hydrogen (secondary N) is 2. The van der Waals surface area contributed by atoms with Crippen LogP contribution < -0.4 is 10.9 Å². The van der Waals surface area contributed by atoms with E-state index in [1.165, 1.54) is 0 Å². The first-order valence-electron chi connectivity index (χ1n) is 7.84. The molecule has 0 saturated heterocycles. The van der Waals surface area contributed by atoms with Crippen molar-refractivity contribution >= 4 is 40.0 Å². The highest BCUT2D eigenvalue weighted by Gasteiger charge is 2.24. The van der Waals surface area contributed by atoms with E-state index < -0.39 is 0 Å². The molecule has 1 unspecified atom stereocenters. The number of hydrogen-bond donors (Lipinski definition) is 2. The van der Waals surface area contributed by atoms with Crippen molar-refractivity contribution in [3.8, 4) is 0 Å². The van der Waals surface area contributed by atoms with E-state index in [1.807, 2.05) is 18.2 Å². The minimum absolute atomic E-state index is 0.130. The van der Waals surface area contributed by atoms with Gasteiger partial charge in [-0.05, 0) is 36.2 Å². The van der Waals surface area contributed by atoms with Crippen LogP contribution in [0.1, 0.15) is 28.5 Å². The van der Waals surface area contributed by atoms with Crippen molar-refractivity contribution < 1.29 is 4.79 Å². The molecule has 1 aliphatic rings. The number of carbonyl (C=O) groups excluding carboxylic acids is 1. The summed E-state index contributed by atoms with van der Waals surface area (Å²) in [7, 11) is 0. The van der Waals surface area contributed by atoms with Gasteiger partial charge >= 0.3 is 0 Å². The molecule has 0 spiro atoms. The Bertz CT molecular complexity index is 1030. The fourth-order valence-electron chi connectivity index (χ4n) is 3.03. The zero-order valence-electron chi connectivity index (χ0n) is 13.1. The lowest BCUT2D eigenvalue weighted by molar-refractivity contribution is 0.0930. The molecule has 2 heterocycles. The lowest BCUT2D eigenvalue weighted by atomic mass is 10.0. The quantitative estimate of drug-likeness (QED) is 0.722. The summed E-state index contributed by atoms with van der Waals surface area (Å²) in [5, 5.41) is 11.0. The summed E-state index contributed by atoms with van der Waals surface area (Å²) >= 11 is 7.87. The highest BCUT2D eigenvalue weighted by molar-refractivity contribution is 7.99. The number of H-pyrrole nitrogens is 1. The van der Waals surface area contributed by atoms with Crippen LogP contribution >= 0.6 is 23.4 Å². The van der Waals surface area contributed by atoms with E-state index in [-0.39, 0.29) is 23.2 Å². The van der Waals surface area contributed by atoms with E-state index in [2.05, 4.69) is 15.5 Å². The van der Waals surface area contributed by atoms with Crippen LogP contribution in [0.4, 0.5) is 0 Å². The molecule has 5 nitrogen and oxygen atoms in total. The summed E-state index contributed by atoms with van der Waals surface area (Å²) in [4.78, 5) is 25.8. The number of hydrogen-bond acceptors (Lipinski definition) is 4. The molecule has 126 valence electrons. The number of thioether (sulfide) groups is 1. The number of aromatic nitrogens is 2. The van der Waals surface area contributed by atoms with Crippen LogP contribution in [0, 0.1) is 0 Å². The van der Waals surface area contributed by atoms with E-state index in [4.69, 9.17) is 11.6 Å². The molecule has 2 N–H and O–H groups in total. The summed E-state index contributed by atoms with van der Waals surface area (Å²) in [6, 6.07) is 12.6. The number of rotatable bonds is 2. The SMILES string of the molecule is O=C(NC1CCSc2ccc(Cl)cc21)c1n[nH]c(=O)c2ccccc12. The zero-order chi connectivity index (χ0) is 17.4. The number of fused-ring (bicyclic) bond motifs is 2. The molecule has 25 heavy (non-hydrogen) atoms. The number of benzene rings is 2. The molecule has 0 radical (unpaired) electrons. The van der Waals surface area contributed by atoms with Gasteiger partial charge in [0.05, 0.1) is 11.4 Å². The molecule has 0 fully saturated rings. The van der Waals surface area contributed by atoms with Crippen LogP contribution in [0.25, 0.3) is 10.8 Å². The van der Waals surface area contributed by atoms with E-state index in [0.717, 1.165) is 22.6 Å². The standard InChI is InChI=1S/C18H14ClN3O2S/c19-10-5-6-15-13(9-10)14(7-8-25-15)20-18(24)16-11-3-1-2-4-12(11)17(23)22-21-16/h1-6,9,14H,7-8H2,(H,20,24)(H,22,23). The van der Waals surface area contributed by atoms with Crippen molar-refractivity contribution in [1.82, 2.24) is 15.5 Å². The second-order valence-corrected chi connectivity index (χ2v) is 7.37. The molecule has 0 bridgehead atoms. The van der Waals surface area contributed by atoms with Crippen molar-refractivity contribution in [2.45, 2.75) is 17.4 Å². The number of aromatic amines is 1. The fraction of sp³-hybridized carbons (Fsp3) is 0.167. The maximum atomic E-state index is 12.8. The lowest BCUT2D eigenvalue weighted by Gasteiger charge is -2.26. The molecule has 1 aliphatic heterocycles. The van der Waals surface area contributed by atoms with Crippen molar-refractivity contribution in [2.24, 2.45) is 0 Å². The highest BCUT2D eigenvalue weighted by Crippen LogP contribution is 2.37. The van der Waals surface area contributed by atoms with Crippen molar-refractivity contribution in [3.63, 3.8) is 0 Å². The van der Waals surface area contributed by atoms with Gasteiger partial charge in [-0.15, -0.1) is 11.8 Å². The molecule has 0 saturated carbocycles. The minimum atomic E-state index is -0.310. The smallest absolute Gasteiger partial charge is 0.272 e. The van der Waals surface area contributed by atoms with Crippen LogP contribution in [0.5, 0.6) is 0 Å². The van der Waals surface area contributed by atoms with Gasteiger partial charge in [0.15, 0.2) is 5.69 Å². The summed E-state index contributed by atoms with van der Waals surface area (Å²) in [6.45, 7) is 0. The first kappa shape index (κ1) is 16.2. The van der Waals surface area contributed by atoms with Gasteiger partial charge < -0.3 is 5.32 Å². The Morgan fingerprint density at radius 1 is 1.24 bits per heavy atom. The van der Waals surface area contributed by atoms with E-state index in [1.54, 1.807) is 36.0 Å². The first-order valence-corrected chi connectivity index (χ1v) is 9.20. The summed E-state index contributed by atoms with van der Waals surface area (Å²) in [5.74, 6) is 0.606. The van der Waals surface area contributed by atoms with Crippen molar-refractivity contribution in [2.75, 3.05) is 5.75 Å².